The van der Waals surface area contributed by atoms with Gasteiger partial charge in [-0.15, -0.1) is 6.58 Å². The fraction of sp³-hybridized carbons (Fsp3) is 0.833. The molecule has 0 aromatic carbocycles. The summed E-state index contributed by atoms with van der Waals surface area (Å²) < 4.78 is 0. The van der Waals surface area contributed by atoms with E-state index in [2.05, 4.69) is 18.9 Å². The molecule has 0 spiro atoms. The van der Waals surface area contributed by atoms with Crippen LogP contribution in [0.2, 0.25) is 0 Å². The molecule has 0 radical (unpaired) electrons. The predicted molar refractivity (Wildman–Crippen MR) is 61.7 cm³/mol. The Morgan fingerprint density at radius 1 is 1.43 bits per heavy atom. The highest BCUT2D eigenvalue weighted by Gasteiger charge is 2.21. The zero-order chi connectivity index (χ0) is 10.4. The van der Waals surface area contributed by atoms with Crippen molar-refractivity contribution < 1.29 is 0 Å². The number of hydrogen-bond donors (Lipinski definition) is 2. The van der Waals surface area contributed by atoms with E-state index in [4.69, 9.17) is 5.84 Å². The zero-order valence-corrected chi connectivity index (χ0v) is 9.39. The molecule has 14 heavy (non-hydrogen) atoms. The molecule has 0 saturated heterocycles. The van der Waals surface area contributed by atoms with Gasteiger partial charge in [-0.2, -0.15) is 0 Å². The fourth-order valence-electron chi connectivity index (χ4n) is 2.39. The summed E-state index contributed by atoms with van der Waals surface area (Å²) in [5, 5.41) is 0. The first-order valence-corrected chi connectivity index (χ1v) is 5.84. The Morgan fingerprint density at radius 2 is 2.07 bits per heavy atom. The molecule has 3 N–H and O–H groups in total. The van der Waals surface area contributed by atoms with Gasteiger partial charge in [0.1, 0.15) is 0 Å². The summed E-state index contributed by atoms with van der Waals surface area (Å²) in [6.07, 6.45) is 9.14. The van der Waals surface area contributed by atoms with Gasteiger partial charge in [0.25, 0.3) is 0 Å². The summed E-state index contributed by atoms with van der Waals surface area (Å²) in [5.41, 5.74) is 4.25. The van der Waals surface area contributed by atoms with Crippen LogP contribution in [0.5, 0.6) is 0 Å². The van der Waals surface area contributed by atoms with E-state index in [1.165, 1.54) is 37.7 Å². The van der Waals surface area contributed by atoms with Crippen LogP contribution in [-0.4, -0.2) is 6.04 Å². The second kappa shape index (κ2) is 6.20. The molecular weight excluding hydrogens is 172 g/mol. The minimum atomic E-state index is 0.506. The van der Waals surface area contributed by atoms with Crippen molar-refractivity contribution in [3.05, 3.63) is 12.2 Å². The lowest BCUT2D eigenvalue weighted by molar-refractivity contribution is 0.260. The van der Waals surface area contributed by atoms with Crippen LogP contribution < -0.4 is 11.3 Å². The molecule has 82 valence electrons. The summed E-state index contributed by atoms with van der Waals surface area (Å²) in [7, 11) is 0. The number of hydrogen-bond acceptors (Lipinski definition) is 2. The topological polar surface area (TPSA) is 38.0 Å². The summed E-state index contributed by atoms with van der Waals surface area (Å²) >= 11 is 0. The van der Waals surface area contributed by atoms with Crippen LogP contribution in [0.4, 0.5) is 0 Å². The fourth-order valence-corrected chi connectivity index (χ4v) is 2.39. The molecule has 1 atom stereocenters. The molecule has 2 heteroatoms. The van der Waals surface area contributed by atoms with Gasteiger partial charge in [0.05, 0.1) is 0 Å². The standard InChI is InChI=1S/C12H24N2/c1-10(2)8-9-12(14-13)11-6-4-3-5-7-11/h11-12,14H,1,3-9,13H2,2H3. The van der Waals surface area contributed by atoms with Crippen LogP contribution in [0.1, 0.15) is 51.9 Å². The third kappa shape index (κ3) is 3.81. The molecule has 1 unspecified atom stereocenters. The molecule has 1 rings (SSSR count). The Balaban J connectivity index is 2.31. The minimum absolute atomic E-state index is 0.506. The van der Waals surface area contributed by atoms with Crippen LogP contribution in [0.25, 0.3) is 0 Å². The first kappa shape index (κ1) is 11.7. The van der Waals surface area contributed by atoms with Crippen molar-refractivity contribution in [3.63, 3.8) is 0 Å². The van der Waals surface area contributed by atoms with E-state index < -0.39 is 0 Å². The molecule has 1 aliphatic carbocycles. The average molecular weight is 196 g/mol. The molecule has 0 amide bonds. The molecule has 1 saturated carbocycles. The highest BCUT2D eigenvalue weighted by Crippen LogP contribution is 2.28. The SMILES string of the molecule is C=C(C)CCC(NN)C1CCCCC1. The molecule has 0 aromatic rings. The molecule has 0 bridgehead atoms. The van der Waals surface area contributed by atoms with Crippen LogP contribution in [0.3, 0.4) is 0 Å². The van der Waals surface area contributed by atoms with Gasteiger partial charge in [0.15, 0.2) is 0 Å². The summed E-state index contributed by atoms with van der Waals surface area (Å²) in [4.78, 5) is 0. The Labute approximate surface area is 87.9 Å². The molecule has 2 nitrogen and oxygen atoms in total. The van der Waals surface area contributed by atoms with E-state index in [1.54, 1.807) is 0 Å². The molecule has 1 fully saturated rings. The number of hydrazine groups is 1. The van der Waals surface area contributed by atoms with Gasteiger partial charge in [-0.25, -0.2) is 0 Å². The van der Waals surface area contributed by atoms with E-state index in [0.717, 1.165) is 18.8 Å². The lowest BCUT2D eigenvalue weighted by atomic mass is 9.82. The van der Waals surface area contributed by atoms with Crippen LogP contribution in [0.15, 0.2) is 12.2 Å². The Kier molecular flexibility index (Phi) is 5.20. The Bertz CT molecular complexity index is 171. The maximum atomic E-state index is 5.61. The number of nitrogens with one attached hydrogen (secondary N) is 1. The van der Waals surface area contributed by atoms with Crippen molar-refractivity contribution in [2.24, 2.45) is 11.8 Å². The normalized spacial score (nSPS) is 20.7. The monoisotopic (exact) mass is 196 g/mol. The molecule has 0 heterocycles. The smallest absolute Gasteiger partial charge is 0.0241 e. The second-order valence-electron chi connectivity index (χ2n) is 4.67. The van der Waals surface area contributed by atoms with Crippen molar-refractivity contribution in [2.75, 3.05) is 0 Å². The van der Waals surface area contributed by atoms with Crippen molar-refractivity contribution in [1.29, 1.82) is 0 Å². The van der Waals surface area contributed by atoms with Gasteiger partial charge < -0.3 is 0 Å². The third-order valence-electron chi connectivity index (χ3n) is 3.32. The number of nitrogens with two attached hydrogens (primary N) is 1. The first-order chi connectivity index (χ1) is 6.74. The van der Waals surface area contributed by atoms with Crippen LogP contribution in [0, 0.1) is 5.92 Å². The van der Waals surface area contributed by atoms with E-state index in [-0.39, 0.29) is 0 Å². The van der Waals surface area contributed by atoms with Crippen LogP contribution in [-0.2, 0) is 0 Å². The number of rotatable bonds is 5. The second-order valence-corrected chi connectivity index (χ2v) is 4.67. The van der Waals surface area contributed by atoms with Gasteiger partial charge in [0.2, 0.25) is 0 Å². The minimum Gasteiger partial charge on any atom is -0.271 e. The molecule has 1 aliphatic rings. The predicted octanol–water partition coefficient (Wildman–Crippen LogP) is 2.75. The molecule has 0 aromatic heterocycles. The van der Waals surface area contributed by atoms with Crippen molar-refractivity contribution in [1.82, 2.24) is 5.43 Å². The van der Waals surface area contributed by atoms with E-state index in [9.17, 15) is 0 Å². The summed E-state index contributed by atoms with van der Waals surface area (Å²) in [5.74, 6) is 6.41. The zero-order valence-electron chi connectivity index (χ0n) is 9.39. The Morgan fingerprint density at radius 3 is 2.57 bits per heavy atom. The molecule has 0 aliphatic heterocycles. The van der Waals surface area contributed by atoms with E-state index in [1.807, 2.05) is 0 Å². The van der Waals surface area contributed by atoms with Crippen LogP contribution >= 0.6 is 0 Å². The maximum absolute atomic E-state index is 5.61. The van der Waals surface area contributed by atoms with Gasteiger partial charge in [-0.1, -0.05) is 24.8 Å². The van der Waals surface area contributed by atoms with Crippen molar-refractivity contribution >= 4 is 0 Å². The van der Waals surface area contributed by atoms with E-state index in [0.29, 0.717) is 6.04 Å². The first-order valence-electron chi connectivity index (χ1n) is 5.84. The number of allylic oxidation sites excluding steroid dienone is 1. The quantitative estimate of drug-likeness (QED) is 0.403. The van der Waals surface area contributed by atoms with Gasteiger partial charge in [-0.05, 0) is 38.5 Å². The largest absolute Gasteiger partial charge is 0.271 e. The highest BCUT2D eigenvalue weighted by atomic mass is 15.2. The Hall–Kier alpha value is -0.340. The highest BCUT2D eigenvalue weighted by molar-refractivity contribution is 4.90. The van der Waals surface area contributed by atoms with Gasteiger partial charge >= 0.3 is 0 Å². The van der Waals surface area contributed by atoms with Gasteiger partial charge in [-0.3, -0.25) is 11.3 Å². The van der Waals surface area contributed by atoms with Crippen molar-refractivity contribution in [2.45, 2.75) is 57.9 Å². The van der Waals surface area contributed by atoms with Gasteiger partial charge in [0, 0.05) is 6.04 Å². The summed E-state index contributed by atoms with van der Waals surface area (Å²) in [6.45, 7) is 6.03. The third-order valence-corrected chi connectivity index (χ3v) is 3.32. The maximum Gasteiger partial charge on any atom is 0.0241 e. The van der Waals surface area contributed by atoms with Crippen molar-refractivity contribution in [3.8, 4) is 0 Å². The lowest BCUT2D eigenvalue weighted by Gasteiger charge is -2.29. The lowest BCUT2D eigenvalue weighted by Crippen LogP contribution is -2.41. The summed E-state index contributed by atoms with van der Waals surface area (Å²) in [6, 6.07) is 0.506. The van der Waals surface area contributed by atoms with E-state index >= 15 is 0 Å². The molecular formula is C12H24N2. The average Bonchev–Trinajstić information content (AvgIpc) is 2.20.